The first-order chi connectivity index (χ1) is 6.47. The maximum atomic E-state index is 11.8. The highest BCUT2D eigenvalue weighted by atomic mass is 16.1. The fourth-order valence-corrected chi connectivity index (χ4v) is 1.19. The number of nitrogens with one attached hydrogen (secondary N) is 1. The molecule has 1 rings (SSSR count). The molecular weight excluding hydrogens is 178 g/mol. The molecule has 1 N–H and O–H groups in total. The molecule has 0 bridgehead atoms. The lowest BCUT2D eigenvalue weighted by atomic mass is 10.1. The van der Waals surface area contributed by atoms with E-state index in [0.717, 1.165) is 0 Å². The van der Waals surface area contributed by atoms with Crippen LogP contribution in [0, 0.1) is 0 Å². The third-order valence-electron chi connectivity index (χ3n) is 2.37. The molecule has 0 saturated heterocycles. The number of ketones is 1. The van der Waals surface area contributed by atoms with Gasteiger partial charge in [0.15, 0.2) is 5.66 Å². The molecule has 0 aromatic carbocycles. The highest BCUT2D eigenvalue weighted by Gasteiger charge is 2.36. The quantitative estimate of drug-likeness (QED) is 0.659. The Labute approximate surface area is 84.9 Å². The van der Waals surface area contributed by atoms with E-state index >= 15 is 0 Å². The summed E-state index contributed by atoms with van der Waals surface area (Å²) in [5.74, 6) is 0.0405. The smallest absolute Gasteiger partial charge is 0.202 e. The Bertz CT molecular complexity index is 283. The molecule has 0 saturated carbocycles. The van der Waals surface area contributed by atoms with E-state index in [2.05, 4.69) is 5.32 Å². The highest BCUT2D eigenvalue weighted by molar-refractivity contribution is 5.97. The highest BCUT2D eigenvalue weighted by Crippen LogP contribution is 2.16. The number of likely N-dealkylation sites (N-methyl/N-ethyl adjacent to an activating group) is 1. The van der Waals surface area contributed by atoms with Gasteiger partial charge in [-0.15, -0.1) is 0 Å². The molecule has 1 heterocycles. The third kappa shape index (κ3) is 1.89. The summed E-state index contributed by atoms with van der Waals surface area (Å²) in [5, 5.41) is 3.03. The molecule has 0 aromatic heterocycles. The first-order valence-electron chi connectivity index (χ1n) is 4.53. The number of hydrogen-bond acceptors (Lipinski definition) is 4. The van der Waals surface area contributed by atoms with Crippen molar-refractivity contribution < 1.29 is 4.79 Å². The average molecular weight is 195 g/mol. The summed E-state index contributed by atoms with van der Waals surface area (Å²) in [7, 11) is 5.64. The zero-order chi connectivity index (χ0) is 10.8. The van der Waals surface area contributed by atoms with E-state index in [9.17, 15) is 4.79 Å². The number of nitrogens with zero attached hydrogens (tertiary/aromatic N) is 2. The van der Waals surface area contributed by atoms with E-state index in [-0.39, 0.29) is 5.78 Å². The summed E-state index contributed by atoms with van der Waals surface area (Å²) >= 11 is 0. The molecule has 1 atom stereocenters. The molecule has 14 heavy (non-hydrogen) atoms. The monoisotopic (exact) mass is 195 g/mol. The van der Waals surface area contributed by atoms with Gasteiger partial charge in [-0.1, -0.05) is 0 Å². The van der Waals surface area contributed by atoms with Crippen LogP contribution in [0.1, 0.15) is 6.92 Å². The normalized spacial score (nSPS) is 25.6. The minimum Gasteiger partial charge on any atom is -0.383 e. The van der Waals surface area contributed by atoms with Gasteiger partial charge in [0.1, 0.15) is 0 Å². The minimum absolute atomic E-state index is 0.0405. The van der Waals surface area contributed by atoms with Crippen molar-refractivity contribution in [1.82, 2.24) is 15.1 Å². The lowest BCUT2D eigenvalue weighted by Crippen LogP contribution is -2.53. The van der Waals surface area contributed by atoms with Gasteiger partial charge in [-0.2, -0.15) is 0 Å². The summed E-state index contributed by atoms with van der Waals surface area (Å²) in [5.41, 5.74) is -0.632. The molecule has 4 nitrogen and oxygen atoms in total. The van der Waals surface area contributed by atoms with Gasteiger partial charge in [0.2, 0.25) is 5.78 Å². The van der Waals surface area contributed by atoms with Crippen molar-refractivity contribution in [1.29, 1.82) is 0 Å². The van der Waals surface area contributed by atoms with Crippen LogP contribution in [0.25, 0.3) is 0 Å². The minimum atomic E-state index is -0.632. The van der Waals surface area contributed by atoms with Crippen LogP contribution in [-0.4, -0.2) is 42.4 Å². The molecule has 0 aliphatic carbocycles. The van der Waals surface area contributed by atoms with Gasteiger partial charge in [0.25, 0.3) is 0 Å². The Kier molecular flexibility index (Phi) is 2.84. The van der Waals surface area contributed by atoms with Gasteiger partial charge in [-0.3, -0.25) is 4.79 Å². The second-order valence-electron chi connectivity index (χ2n) is 3.79. The lowest BCUT2D eigenvalue weighted by Gasteiger charge is -2.30. The zero-order valence-electron chi connectivity index (χ0n) is 9.11. The third-order valence-corrected chi connectivity index (χ3v) is 2.37. The van der Waals surface area contributed by atoms with Crippen molar-refractivity contribution in [3.05, 3.63) is 24.7 Å². The Morgan fingerprint density at radius 1 is 1.57 bits per heavy atom. The summed E-state index contributed by atoms with van der Waals surface area (Å²) in [4.78, 5) is 15.5. The average Bonchev–Trinajstić information content (AvgIpc) is 2.44. The van der Waals surface area contributed by atoms with Crippen LogP contribution in [0.15, 0.2) is 24.7 Å². The molecule has 4 heteroatoms. The van der Waals surface area contributed by atoms with Gasteiger partial charge in [-0.25, -0.2) is 0 Å². The number of hydrogen-bond donors (Lipinski definition) is 1. The molecular formula is C10H17N3O. The van der Waals surface area contributed by atoms with Crippen molar-refractivity contribution in [2.75, 3.05) is 21.1 Å². The van der Waals surface area contributed by atoms with Crippen LogP contribution < -0.4 is 5.32 Å². The van der Waals surface area contributed by atoms with E-state index in [0.29, 0.717) is 0 Å². The lowest BCUT2D eigenvalue weighted by molar-refractivity contribution is -0.123. The van der Waals surface area contributed by atoms with Crippen LogP contribution in [0.5, 0.6) is 0 Å². The first kappa shape index (κ1) is 10.6. The second-order valence-corrected chi connectivity index (χ2v) is 3.79. The summed E-state index contributed by atoms with van der Waals surface area (Å²) in [6, 6.07) is 0. The zero-order valence-corrected chi connectivity index (χ0v) is 9.11. The predicted octanol–water partition coefficient (Wildman–Crippen LogP) is 0.353. The molecule has 1 aliphatic heterocycles. The van der Waals surface area contributed by atoms with Crippen molar-refractivity contribution in [2.24, 2.45) is 0 Å². The Morgan fingerprint density at radius 2 is 2.21 bits per heavy atom. The Hall–Kier alpha value is -1.45. The number of carbonyl (C=O) groups excluding carboxylic acids is 1. The van der Waals surface area contributed by atoms with Crippen LogP contribution in [-0.2, 0) is 4.79 Å². The van der Waals surface area contributed by atoms with E-state index in [1.807, 2.05) is 44.1 Å². The summed E-state index contributed by atoms with van der Waals surface area (Å²) < 4.78 is 0. The van der Waals surface area contributed by atoms with E-state index < -0.39 is 5.66 Å². The van der Waals surface area contributed by atoms with Crippen molar-refractivity contribution in [3.8, 4) is 0 Å². The van der Waals surface area contributed by atoms with Gasteiger partial charge in [-0.05, 0) is 6.92 Å². The number of carbonyl (C=O) groups is 1. The van der Waals surface area contributed by atoms with Gasteiger partial charge in [0, 0.05) is 45.8 Å². The molecule has 1 aliphatic rings. The fraction of sp³-hybridized carbons (Fsp3) is 0.500. The van der Waals surface area contributed by atoms with Crippen LogP contribution in [0.2, 0.25) is 0 Å². The molecule has 0 fully saturated rings. The largest absolute Gasteiger partial charge is 0.383 e. The molecule has 0 spiro atoms. The number of rotatable bonds is 3. The fourth-order valence-electron chi connectivity index (χ4n) is 1.19. The first-order valence-corrected chi connectivity index (χ1v) is 4.53. The summed E-state index contributed by atoms with van der Waals surface area (Å²) in [6.45, 7) is 1.86. The molecule has 78 valence electrons. The van der Waals surface area contributed by atoms with Crippen LogP contribution in [0.3, 0.4) is 0 Å². The maximum Gasteiger partial charge on any atom is 0.202 e. The maximum absolute atomic E-state index is 11.8. The van der Waals surface area contributed by atoms with E-state index in [4.69, 9.17) is 0 Å². The van der Waals surface area contributed by atoms with Crippen molar-refractivity contribution >= 4 is 5.78 Å². The molecule has 0 amide bonds. The Morgan fingerprint density at radius 3 is 2.64 bits per heavy atom. The van der Waals surface area contributed by atoms with Gasteiger partial charge < -0.3 is 15.1 Å². The van der Waals surface area contributed by atoms with Gasteiger partial charge in [0.05, 0.1) is 0 Å². The topological polar surface area (TPSA) is 35.6 Å². The van der Waals surface area contributed by atoms with E-state index in [1.165, 1.54) is 0 Å². The standard InChI is InChI=1S/C10H17N3O/c1-10(11-6-8-13(10)4)9(14)5-7-12(2)3/h5-8,11H,1-4H3/b7-5+. The molecule has 0 radical (unpaired) electrons. The second kappa shape index (κ2) is 3.74. The molecule has 0 aromatic rings. The van der Waals surface area contributed by atoms with Crippen LogP contribution >= 0.6 is 0 Å². The summed E-state index contributed by atoms with van der Waals surface area (Å²) in [6.07, 6.45) is 6.96. The van der Waals surface area contributed by atoms with Crippen molar-refractivity contribution in [3.63, 3.8) is 0 Å². The van der Waals surface area contributed by atoms with Crippen LogP contribution in [0.4, 0.5) is 0 Å². The van der Waals surface area contributed by atoms with E-state index in [1.54, 1.807) is 18.5 Å². The molecule has 1 unspecified atom stereocenters. The SMILES string of the molecule is CN(C)/C=C/C(=O)C1(C)NC=CN1C. The van der Waals surface area contributed by atoms with Crippen molar-refractivity contribution in [2.45, 2.75) is 12.6 Å². The van der Waals surface area contributed by atoms with Gasteiger partial charge >= 0.3 is 0 Å². The Balaban J connectivity index is 2.70. The predicted molar refractivity (Wildman–Crippen MR) is 56.3 cm³/mol.